The van der Waals surface area contributed by atoms with Crippen LogP contribution in [-0.4, -0.2) is 20.7 Å². The molecule has 0 fully saturated rings. The summed E-state index contributed by atoms with van der Waals surface area (Å²) in [5.74, 6) is 1.20. The Morgan fingerprint density at radius 1 is 1.06 bits per heavy atom. The van der Waals surface area contributed by atoms with Crippen LogP contribution in [0, 0.1) is 0 Å². The van der Waals surface area contributed by atoms with Crippen LogP contribution in [-0.2, 0) is 10.5 Å². The molecule has 1 atom stereocenters. The summed E-state index contributed by atoms with van der Waals surface area (Å²) in [7, 11) is 0. The van der Waals surface area contributed by atoms with Crippen LogP contribution in [0.5, 0.6) is 0 Å². The van der Waals surface area contributed by atoms with Gasteiger partial charge in [-0.25, -0.2) is 4.68 Å². The summed E-state index contributed by atoms with van der Waals surface area (Å²) in [5, 5.41) is 11.8. The molecule has 0 saturated carbocycles. The summed E-state index contributed by atoms with van der Waals surface area (Å²) in [6, 6.07) is 27.2. The van der Waals surface area contributed by atoms with Crippen LogP contribution in [0.25, 0.3) is 0 Å². The lowest BCUT2D eigenvalue weighted by molar-refractivity contribution is -0.113. The van der Waals surface area contributed by atoms with Crippen molar-refractivity contribution < 1.29 is 4.79 Å². The molecule has 2 heterocycles. The molecule has 0 bridgehead atoms. The second-order valence-electron chi connectivity index (χ2n) is 7.88. The minimum absolute atomic E-state index is 0.180. The highest BCUT2D eigenvalue weighted by Gasteiger charge is 2.34. The number of nitrogens with zero attached hydrogens (tertiary/aromatic N) is 3. The molecule has 1 amide bonds. The lowest BCUT2D eigenvalue weighted by Crippen LogP contribution is -2.31. The molecule has 0 saturated heterocycles. The summed E-state index contributed by atoms with van der Waals surface area (Å²) >= 11 is 5.14. The van der Waals surface area contributed by atoms with Crippen molar-refractivity contribution in [2.45, 2.75) is 23.9 Å². The topological polar surface area (TPSA) is 71.8 Å². The third kappa shape index (κ3) is 4.78. The average Bonchev–Trinajstić information content (AvgIpc) is 3.25. The number of para-hydroxylation sites is 1. The number of benzene rings is 3. The van der Waals surface area contributed by atoms with E-state index >= 15 is 0 Å². The number of amides is 1. The quantitative estimate of drug-likeness (QED) is 0.287. The number of halogens is 1. The number of carbonyl (C=O) groups is 1. The van der Waals surface area contributed by atoms with Crippen molar-refractivity contribution in [3.63, 3.8) is 0 Å². The molecule has 1 aromatic heterocycles. The fraction of sp³-hybridized carbons (Fsp3) is 0.115. The van der Waals surface area contributed by atoms with Crippen molar-refractivity contribution >= 4 is 45.2 Å². The van der Waals surface area contributed by atoms with E-state index in [9.17, 15) is 4.79 Å². The second-order valence-corrected chi connectivity index (χ2v) is 9.74. The first-order chi connectivity index (χ1) is 16.6. The molecule has 5 rings (SSSR count). The lowest BCUT2D eigenvalue weighted by Gasteiger charge is -2.28. The number of allylic oxidation sites excluding steroid dienone is 1. The molecular weight excluding hydrogens is 510 g/mol. The number of carbonyl (C=O) groups excluding carboxylic acids is 1. The molecule has 170 valence electrons. The highest BCUT2D eigenvalue weighted by atomic mass is 79.9. The van der Waals surface area contributed by atoms with Crippen molar-refractivity contribution in [1.82, 2.24) is 14.8 Å². The molecule has 4 aromatic rings. The molecule has 0 spiro atoms. The Labute approximate surface area is 210 Å². The monoisotopic (exact) mass is 531 g/mol. The van der Waals surface area contributed by atoms with Crippen LogP contribution in [0.3, 0.4) is 0 Å². The Bertz CT molecular complexity index is 1350. The maximum atomic E-state index is 13.5. The second kappa shape index (κ2) is 9.87. The molecule has 6 nitrogen and oxygen atoms in total. The van der Waals surface area contributed by atoms with Crippen LogP contribution in [0.15, 0.2) is 106 Å². The number of hydrogen-bond acceptors (Lipinski definition) is 5. The number of hydrogen-bond donors (Lipinski definition) is 2. The van der Waals surface area contributed by atoms with Crippen molar-refractivity contribution in [1.29, 1.82) is 0 Å². The Hall–Kier alpha value is -3.36. The number of nitrogens with one attached hydrogen (secondary N) is 2. The van der Waals surface area contributed by atoms with Gasteiger partial charge in [-0.1, -0.05) is 88.4 Å². The molecule has 3 aromatic carbocycles. The lowest BCUT2D eigenvalue weighted by atomic mass is 9.95. The van der Waals surface area contributed by atoms with Gasteiger partial charge in [-0.05, 0) is 42.3 Å². The van der Waals surface area contributed by atoms with Crippen LogP contribution >= 0.6 is 27.7 Å². The van der Waals surface area contributed by atoms with E-state index in [0.717, 1.165) is 27.2 Å². The van der Waals surface area contributed by atoms with E-state index in [0.29, 0.717) is 16.7 Å². The summed E-state index contributed by atoms with van der Waals surface area (Å²) in [6.45, 7) is 1.90. The van der Waals surface area contributed by atoms with Gasteiger partial charge in [0.1, 0.15) is 6.04 Å². The van der Waals surface area contributed by atoms with Gasteiger partial charge in [-0.3, -0.25) is 4.79 Å². The minimum Gasteiger partial charge on any atom is -0.328 e. The summed E-state index contributed by atoms with van der Waals surface area (Å²) in [4.78, 5) is 18.2. The van der Waals surface area contributed by atoms with Crippen molar-refractivity contribution in [2.75, 3.05) is 10.6 Å². The average molecular weight is 532 g/mol. The molecule has 2 N–H and O–H groups in total. The molecule has 34 heavy (non-hydrogen) atoms. The van der Waals surface area contributed by atoms with Gasteiger partial charge in [0.15, 0.2) is 0 Å². The van der Waals surface area contributed by atoms with Crippen LogP contribution in [0.4, 0.5) is 11.6 Å². The molecule has 1 aliphatic rings. The van der Waals surface area contributed by atoms with Gasteiger partial charge in [0.25, 0.3) is 5.91 Å². The number of rotatable bonds is 6. The van der Waals surface area contributed by atoms with E-state index in [2.05, 4.69) is 38.7 Å². The largest absolute Gasteiger partial charge is 0.328 e. The summed E-state index contributed by atoms with van der Waals surface area (Å²) in [5.41, 5.74) is 4.23. The molecule has 0 unspecified atom stereocenters. The molecule has 0 radical (unpaired) electrons. The summed E-state index contributed by atoms with van der Waals surface area (Å²) in [6.07, 6.45) is 0. The molecule has 0 aliphatic carbocycles. The zero-order chi connectivity index (χ0) is 23.5. The zero-order valence-electron chi connectivity index (χ0n) is 18.4. The standard InChI is InChI=1S/C26H22BrN5OS/c1-17-22(24(33)29-21-13-6-3-7-14-21)23(19-11-8-12-20(27)15-19)32-25(28-17)30-26(31-32)34-16-18-9-4-2-5-10-18/h2-15,23H,16H2,1H3,(H,29,33)(H,28,30,31)/t23-/m1/s1. The molecular formula is C26H22BrN5OS. The maximum absolute atomic E-state index is 13.5. The third-order valence-electron chi connectivity index (χ3n) is 5.48. The van der Waals surface area contributed by atoms with E-state index in [-0.39, 0.29) is 5.91 Å². The Kier molecular flexibility index (Phi) is 6.51. The van der Waals surface area contributed by atoms with E-state index in [4.69, 9.17) is 10.1 Å². The summed E-state index contributed by atoms with van der Waals surface area (Å²) < 4.78 is 2.74. The highest BCUT2D eigenvalue weighted by Crippen LogP contribution is 2.37. The first kappa shape index (κ1) is 22.4. The predicted octanol–water partition coefficient (Wildman–Crippen LogP) is 6.26. The van der Waals surface area contributed by atoms with E-state index < -0.39 is 6.04 Å². The van der Waals surface area contributed by atoms with Gasteiger partial charge in [0, 0.05) is 21.6 Å². The number of anilines is 2. The molecule has 8 heteroatoms. The molecule has 1 aliphatic heterocycles. The Morgan fingerprint density at radius 3 is 2.53 bits per heavy atom. The van der Waals surface area contributed by atoms with Crippen molar-refractivity contribution in [2.24, 2.45) is 0 Å². The number of thioether (sulfide) groups is 1. The van der Waals surface area contributed by atoms with E-state index in [1.54, 1.807) is 11.8 Å². The minimum atomic E-state index is -0.420. The highest BCUT2D eigenvalue weighted by molar-refractivity contribution is 9.10. The van der Waals surface area contributed by atoms with Gasteiger partial charge in [-0.2, -0.15) is 4.98 Å². The van der Waals surface area contributed by atoms with Crippen LogP contribution in [0.2, 0.25) is 0 Å². The fourth-order valence-corrected chi connectivity index (χ4v) is 5.12. The number of fused-ring (bicyclic) bond motifs is 1. The third-order valence-corrected chi connectivity index (χ3v) is 6.89. The van der Waals surface area contributed by atoms with E-state index in [1.165, 1.54) is 5.56 Å². The Balaban J connectivity index is 1.50. The maximum Gasteiger partial charge on any atom is 0.255 e. The van der Waals surface area contributed by atoms with Crippen LogP contribution < -0.4 is 10.6 Å². The van der Waals surface area contributed by atoms with E-state index in [1.807, 2.05) is 84.4 Å². The van der Waals surface area contributed by atoms with Gasteiger partial charge in [-0.15, -0.1) is 5.10 Å². The zero-order valence-corrected chi connectivity index (χ0v) is 20.8. The SMILES string of the molecule is CC1=C(C(=O)Nc2ccccc2)[C@@H](c2cccc(Br)c2)n2nc(SCc3ccccc3)nc2N1. The van der Waals surface area contributed by atoms with Crippen molar-refractivity contribution in [3.8, 4) is 0 Å². The van der Waals surface area contributed by atoms with Crippen molar-refractivity contribution in [3.05, 3.63) is 112 Å². The number of aromatic nitrogens is 3. The fourth-order valence-electron chi connectivity index (χ4n) is 3.91. The smallest absolute Gasteiger partial charge is 0.255 e. The van der Waals surface area contributed by atoms with Gasteiger partial charge in [0.05, 0.1) is 5.57 Å². The first-order valence-electron chi connectivity index (χ1n) is 10.8. The Morgan fingerprint density at radius 2 is 1.79 bits per heavy atom. The van der Waals surface area contributed by atoms with Gasteiger partial charge in [0.2, 0.25) is 11.1 Å². The first-order valence-corrected chi connectivity index (χ1v) is 12.6. The van der Waals surface area contributed by atoms with Crippen LogP contribution in [0.1, 0.15) is 24.1 Å². The van der Waals surface area contributed by atoms with Gasteiger partial charge >= 0.3 is 0 Å². The predicted molar refractivity (Wildman–Crippen MR) is 140 cm³/mol. The normalized spacial score (nSPS) is 14.9. The van der Waals surface area contributed by atoms with Gasteiger partial charge < -0.3 is 10.6 Å².